The number of hydrogen-bond acceptors (Lipinski definition) is 8. The largest absolute Gasteiger partial charge is 0.444 e. The first-order valence-corrected chi connectivity index (χ1v) is 19.4. The Balaban J connectivity index is 1.29. The van der Waals surface area contributed by atoms with Crippen LogP contribution in [0, 0.1) is 23.2 Å². The molecule has 0 radical (unpaired) electrons. The molecule has 6 amide bonds. The molecular formula is C42H56N6O8. The molecule has 1 heterocycles. The molecule has 2 aromatic carbocycles. The summed E-state index contributed by atoms with van der Waals surface area (Å²) < 4.78 is 5.56. The fourth-order valence-electron chi connectivity index (χ4n) is 8.26. The number of carbonyl (C=O) groups is 7. The molecule has 1 unspecified atom stereocenters. The minimum absolute atomic E-state index is 0.0198. The fourth-order valence-corrected chi connectivity index (χ4v) is 8.26. The van der Waals surface area contributed by atoms with Crippen LogP contribution in [0.15, 0.2) is 54.6 Å². The average Bonchev–Trinajstić information content (AvgIpc) is 3.49. The molecule has 14 nitrogen and oxygen atoms in total. The lowest BCUT2D eigenvalue weighted by molar-refractivity contribution is -0.145. The van der Waals surface area contributed by atoms with Gasteiger partial charge in [0.2, 0.25) is 29.4 Å². The van der Waals surface area contributed by atoms with Crippen LogP contribution >= 0.6 is 0 Å². The number of likely N-dealkylation sites (N-methyl/N-ethyl adjacent to an activating group) is 1. The van der Waals surface area contributed by atoms with Crippen molar-refractivity contribution in [1.29, 1.82) is 0 Å². The second-order valence-corrected chi connectivity index (χ2v) is 17.0. The van der Waals surface area contributed by atoms with E-state index in [0.717, 1.165) is 11.1 Å². The van der Waals surface area contributed by atoms with Crippen molar-refractivity contribution in [3.8, 4) is 0 Å². The van der Waals surface area contributed by atoms with Gasteiger partial charge in [0.1, 0.15) is 23.7 Å². The highest BCUT2D eigenvalue weighted by atomic mass is 16.6. The van der Waals surface area contributed by atoms with Gasteiger partial charge in [-0.1, -0.05) is 81.8 Å². The number of ketones is 1. The van der Waals surface area contributed by atoms with Gasteiger partial charge in [-0.25, -0.2) is 4.79 Å². The second kappa shape index (κ2) is 16.8. The summed E-state index contributed by atoms with van der Waals surface area (Å²) in [4.78, 5) is 97.4. The molecular weight excluding hydrogens is 716 g/mol. The topological polar surface area (TPSA) is 183 Å². The first-order chi connectivity index (χ1) is 26.3. The van der Waals surface area contributed by atoms with E-state index in [2.05, 4.69) is 21.3 Å². The normalized spacial score (nSPS) is 21.0. The van der Waals surface area contributed by atoms with Crippen LogP contribution in [0.1, 0.15) is 77.1 Å². The second-order valence-electron chi connectivity index (χ2n) is 17.0. The molecule has 4 N–H and O–H groups in total. The molecule has 6 atom stereocenters. The van der Waals surface area contributed by atoms with Crippen molar-refractivity contribution < 1.29 is 38.3 Å². The van der Waals surface area contributed by atoms with E-state index in [0.29, 0.717) is 31.4 Å². The minimum Gasteiger partial charge on any atom is -0.444 e. The van der Waals surface area contributed by atoms with Crippen LogP contribution in [0.25, 0.3) is 0 Å². The van der Waals surface area contributed by atoms with E-state index >= 15 is 0 Å². The third kappa shape index (κ3) is 9.39. The van der Waals surface area contributed by atoms with Gasteiger partial charge in [-0.3, -0.25) is 28.8 Å². The Kier molecular flexibility index (Phi) is 12.6. The summed E-state index contributed by atoms with van der Waals surface area (Å²) in [6, 6.07) is 12.4. The van der Waals surface area contributed by atoms with Crippen LogP contribution in [0.4, 0.5) is 4.79 Å². The van der Waals surface area contributed by atoms with Crippen LogP contribution < -0.4 is 21.3 Å². The quantitative estimate of drug-likeness (QED) is 0.212. The molecule has 56 heavy (non-hydrogen) atoms. The monoisotopic (exact) mass is 772 g/mol. The number of alkyl carbamates (subject to hydrolysis) is 1. The van der Waals surface area contributed by atoms with Gasteiger partial charge in [0.05, 0.1) is 12.6 Å². The highest BCUT2D eigenvalue weighted by molar-refractivity contribution is 6.38. The summed E-state index contributed by atoms with van der Waals surface area (Å²) in [5, 5.41) is 10.6. The van der Waals surface area contributed by atoms with E-state index < -0.39 is 71.8 Å². The maximum absolute atomic E-state index is 14.6. The highest BCUT2D eigenvalue weighted by Crippen LogP contribution is 2.65. The lowest BCUT2D eigenvalue weighted by Gasteiger charge is -2.35. The fraction of sp³-hybridized carbons (Fsp3) is 0.548. The number of hydrogen-bond donors (Lipinski definition) is 4. The van der Waals surface area contributed by atoms with Crippen molar-refractivity contribution in [1.82, 2.24) is 31.1 Å². The molecule has 0 aromatic heterocycles. The third-order valence-corrected chi connectivity index (χ3v) is 11.2. The zero-order chi connectivity index (χ0) is 41.1. The van der Waals surface area contributed by atoms with Gasteiger partial charge >= 0.3 is 6.09 Å². The molecule has 1 saturated heterocycles. The molecule has 1 aliphatic heterocycles. The highest BCUT2D eigenvalue weighted by Gasteiger charge is 2.70. The SMILES string of the molecule is CCCC(NC(=O)[C@@H]1[C@H]2[C@@H](CN1C(=O)[C@@H](NC(=O)OC(C)(C)C)C1Cc3ccccc3C1)C2(C)C)C(=O)C(=O)NCC(=O)N[C@H](C(=O)N(C)C)c1ccccc1. The number of ether oxygens (including phenoxy) is 1. The molecule has 0 spiro atoms. The smallest absolute Gasteiger partial charge is 0.408 e. The zero-order valence-corrected chi connectivity index (χ0v) is 33.6. The molecule has 2 aliphatic carbocycles. The minimum atomic E-state index is -1.22. The zero-order valence-electron chi connectivity index (χ0n) is 33.6. The molecule has 1 saturated carbocycles. The molecule has 2 fully saturated rings. The van der Waals surface area contributed by atoms with Gasteiger partial charge in [-0.05, 0) is 79.9 Å². The number of benzene rings is 2. The summed E-state index contributed by atoms with van der Waals surface area (Å²) in [7, 11) is 3.12. The van der Waals surface area contributed by atoms with Crippen LogP contribution in [0.5, 0.6) is 0 Å². The van der Waals surface area contributed by atoms with Gasteiger partial charge < -0.3 is 35.8 Å². The van der Waals surface area contributed by atoms with Crippen molar-refractivity contribution in [3.05, 3.63) is 71.3 Å². The van der Waals surface area contributed by atoms with Crippen molar-refractivity contribution in [2.45, 2.75) is 97.0 Å². The lowest BCUT2D eigenvalue weighted by atomic mass is 9.93. The predicted molar refractivity (Wildman–Crippen MR) is 208 cm³/mol. The number of likely N-dealkylation sites (tertiary alicyclic amines) is 1. The summed E-state index contributed by atoms with van der Waals surface area (Å²) >= 11 is 0. The number of carbonyl (C=O) groups excluding carboxylic acids is 7. The van der Waals surface area contributed by atoms with Crippen molar-refractivity contribution in [2.24, 2.45) is 23.2 Å². The van der Waals surface area contributed by atoms with E-state index in [1.165, 1.54) is 9.80 Å². The third-order valence-electron chi connectivity index (χ3n) is 11.2. The van der Waals surface area contributed by atoms with Crippen molar-refractivity contribution in [2.75, 3.05) is 27.2 Å². The number of nitrogens with zero attached hydrogens (tertiary/aromatic N) is 2. The van der Waals surface area contributed by atoms with E-state index in [4.69, 9.17) is 4.74 Å². The van der Waals surface area contributed by atoms with Gasteiger partial charge in [0.25, 0.3) is 5.91 Å². The molecule has 0 bridgehead atoms. The van der Waals surface area contributed by atoms with E-state index in [1.54, 1.807) is 72.1 Å². The number of rotatable bonds is 14. The molecule has 14 heteroatoms. The summed E-state index contributed by atoms with van der Waals surface area (Å²) in [6.07, 6.45) is 0.976. The average molecular weight is 773 g/mol. The summed E-state index contributed by atoms with van der Waals surface area (Å²) in [5.74, 6) is -4.49. The number of nitrogens with one attached hydrogen (secondary N) is 4. The van der Waals surface area contributed by atoms with Crippen molar-refractivity contribution >= 4 is 41.4 Å². The Morgan fingerprint density at radius 3 is 2.07 bits per heavy atom. The van der Waals surface area contributed by atoms with E-state index in [9.17, 15) is 33.6 Å². The number of piperidine rings is 1. The van der Waals surface area contributed by atoms with Crippen molar-refractivity contribution in [3.63, 3.8) is 0 Å². The van der Waals surface area contributed by atoms with Crippen LogP contribution in [-0.2, 0) is 46.3 Å². The molecule has 2 aromatic rings. The first-order valence-electron chi connectivity index (χ1n) is 19.4. The Labute approximate surface area is 328 Å². The maximum Gasteiger partial charge on any atom is 0.408 e. The van der Waals surface area contributed by atoms with Crippen LogP contribution in [0.2, 0.25) is 0 Å². The van der Waals surface area contributed by atoms with E-state index in [1.807, 2.05) is 38.1 Å². The number of Topliss-reactive ketones (excluding diaryl/α,β-unsaturated/α-hetero) is 1. The summed E-state index contributed by atoms with van der Waals surface area (Å²) in [5.41, 5.74) is 1.68. The van der Waals surface area contributed by atoms with Gasteiger partial charge in [-0.15, -0.1) is 0 Å². The Morgan fingerprint density at radius 1 is 0.893 bits per heavy atom. The Morgan fingerprint density at radius 2 is 1.50 bits per heavy atom. The lowest BCUT2D eigenvalue weighted by Crippen LogP contribution is -2.60. The van der Waals surface area contributed by atoms with Crippen LogP contribution in [0.3, 0.4) is 0 Å². The molecule has 302 valence electrons. The first kappa shape index (κ1) is 41.9. The number of amides is 6. The van der Waals surface area contributed by atoms with Gasteiger partial charge in [-0.2, -0.15) is 0 Å². The molecule has 3 aliphatic rings. The predicted octanol–water partition coefficient (Wildman–Crippen LogP) is 2.69. The van der Waals surface area contributed by atoms with Gasteiger partial charge in [0, 0.05) is 20.6 Å². The number of fused-ring (bicyclic) bond motifs is 2. The molecule has 5 rings (SSSR count). The van der Waals surface area contributed by atoms with E-state index in [-0.39, 0.29) is 35.5 Å². The Hall–Kier alpha value is -5.27. The standard InChI is InChI=1S/C42H56N6O8/c1-9-15-29(35(50)37(52)43-22-30(49)45-32(38(53)47(7)8)24-16-11-10-12-17-24)44-36(51)34-31-28(42(31,5)6)23-48(34)39(54)33(46-40(55)56-41(2,3)4)27-20-25-18-13-14-19-26(25)21-27/h10-14,16-19,27-29,31-34H,9,15,20-23H2,1-8H3,(H,43,52)(H,44,51)(H,45,49)(H,46,55)/t28-,29?,31-,32+,33+,34+/m1/s1. The van der Waals surface area contributed by atoms with Crippen LogP contribution in [-0.4, -0.2) is 102 Å². The van der Waals surface area contributed by atoms with Gasteiger partial charge in [0.15, 0.2) is 0 Å². The Bertz CT molecular complexity index is 1810. The summed E-state index contributed by atoms with van der Waals surface area (Å²) in [6.45, 7) is 10.8. The maximum atomic E-state index is 14.6.